The zero-order valence-corrected chi connectivity index (χ0v) is 42.9. The Morgan fingerprint density at radius 1 is 0.483 bits per heavy atom. The molecule has 0 N–H and O–H groups in total. The number of unbranched alkanes of at least 4 members (excludes halogenated alkanes) is 2. The first-order valence-electron chi connectivity index (χ1n) is 23.2. The Morgan fingerprint density at radius 3 is 1.08 bits per heavy atom. The number of rotatable bonds is 10. The first kappa shape index (κ1) is 48.7. The topological polar surface area (TPSA) is 0 Å². The van der Waals surface area contributed by atoms with E-state index in [1.807, 2.05) is 0 Å². The molecule has 322 valence electrons. The molecule has 1 saturated heterocycles. The van der Waals surface area contributed by atoms with Crippen LogP contribution in [0.2, 0.25) is 9.45 Å². The molecule has 2 atom stereocenters. The number of hydrogen-bond donors (Lipinski definition) is 0. The average molecular weight is 880 g/mol. The fourth-order valence-corrected chi connectivity index (χ4v) is 20.5. The van der Waals surface area contributed by atoms with Gasteiger partial charge in [-0.2, -0.15) is 0 Å². The summed E-state index contributed by atoms with van der Waals surface area (Å²) in [5, 5.41) is 0. The zero-order chi connectivity index (χ0) is 42.0. The van der Waals surface area contributed by atoms with E-state index in [0.29, 0.717) is 8.45 Å². The van der Waals surface area contributed by atoms with Gasteiger partial charge in [0.1, 0.15) is 0 Å². The zero-order valence-electron chi connectivity index (χ0n) is 39.9. The predicted molar refractivity (Wildman–Crippen MR) is 253 cm³/mol. The normalized spacial score (nSPS) is 17.9. The fourth-order valence-electron chi connectivity index (χ4n) is 10.6. The molecule has 0 saturated carbocycles. The summed E-state index contributed by atoms with van der Waals surface area (Å²) in [5.74, 6) is 0. The van der Waals surface area contributed by atoms with Crippen LogP contribution in [0, 0.1) is 0 Å². The third kappa shape index (κ3) is 9.31. The van der Waals surface area contributed by atoms with Gasteiger partial charge in [-0.1, -0.05) is 0 Å². The van der Waals surface area contributed by atoms with Gasteiger partial charge in [-0.05, 0) is 0 Å². The number of hydrogen-bond acceptors (Lipinski definition) is 0. The molecule has 0 radical (unpaired) electrons. The number of allylic oxidation sites excluding steroid dienone is 2. The van der Waals surface area contributed by atoms with Crippen LogP contribution in [0.3, 0.4) is 0 Å². The molecule has 60 heavy (non-hydrogen) atoms. The van der Waals surface area contributed by atoms with Crippen LogP contribution in [0.4, 0.5) is 0 Å². The summed E-state index contributed by atoms with van der Waals surface area (Å²) in [4.78, 5) is 0. The summed E-state index contributed by atoms with van der Waals surface area (Å²) < 4.78 is 4.22. The van der Waals surface area contributed by atoms with Crippen molar-refractivity contribution in [3.63, 3.8) is 0 Å². The largest absolute Gasteiger partial charge is 1.00 e. The number of benzene rings is 4. The van der Waals surface area contributed by atoms with E-state index in [1.54, 1.807) is 33.4 Å². The van der Waals surface area contributed by atoms with Crippen molar-refractivity contribution in [3.8, 4) is 22.3 Å². The first-order valence-corrected chi connectivity index (χ1v) is 27.2. The molecule has 7 rings (SSSR count). The quantitative estimate of drug-likeness (QED) is 0.139. The Hall–Kier alpha value is -2.35. The molecule has 0 amide bonds. The SMILES string of the molecule is CCCCC1=Cc2c(-c3cc(C(C)(C)C)cc(C(C)(C)C)c3)cccc2[CH]1[Ti+2]1([CH]2C(CCCC)=Cc3c(-c4cc(C(C)(C)C)cc(C(C)(C)C)c4)cccc32)[CH2]C[CH2]1.[Cl-].[Cl-]. The molecular weight excluding hydrogens is 803 g/mol. The van der Waals surface area contributed by atoms with E-state index < -0.39 is 16.6 Å². The minimum Gasteiger partial charge on any atom is -1.00 e. The van der Waals surface area contributed by atoms with Gasteiger partial charge in [0.25, 0.3) is 0 Å². The third-order valence-electron chi connectivity index (χ3n) is 14.3. The van der Waals surface area contributed by atoms with Crippen LogP contribution in [-0.4, -0.2) is 0 Å². The molecule has 1 aliphatic heterocycles. The average Bonchev–Trinajstić information content (AvgIpc) is 3.70. The number of fused-ring (bicyclic) bond motifs is 2. The second-order valence-corrected chi connectivity index (χ2v) is 30.0. The molecule has 0 spiro atoms. The summed E-state index contributed by atoms with van der Waals surface area (Å²) in [5.41, 5.74) is 21.8. The van der Waals surface area contributed by atoms with Gasteiger partial charge < -0.3 is 24.8 Å². The fraction of sp³-hybridized carbons (Fsp3) is 0.509. The van der Waals surface area contributed by atoms with E-state index in [2.05, 4.69) is 182 Å². The third-order valence-corrected chi connectivity index (χ3v) is 24.1. The molecule has 3 aliphatic rings. The van der Waals surface area contributed by atoms with Gasteiger partial charge in [-0.3, -0.25) is 0 Å². The van der Waals surface area contributed by atoms with E-state index in [0.717, 1.165) is 0 Å². The Labute approximate surface area is 383 Å². The van der Waals surface area contributed by atoms with E-state index in [9.17, 15) is 0 Å². The van der Waals surface area contributed by atoms with Gasteiger partial charge in [0, 0.05) is 0 Å². The van der Waals surface area contributed by atoms with Crippen molar-refractivity contribution in [1.29, 1.82) is 0 Å². The molecule has 2 unspecified atom stereocenters. The Bertz CT molecular complexity index is 2020. The second kappa shape index (κ2) is 18.0. The maximum absolute atomic E-state index is 2.74. The molecule has 3 heteroatoms. The van der Waals surface area contributed by atoms with Crippen molar-refractivity contribution >= 4 is 12.2 Å². The monoisotopic (exact) mass is 878 g/mol. The van der Waals surface area contributed by atoms with Gasteiger partial charge in [0.2, 0.25) is 0 Å². The molecule has 1 fully saturated rings. The molecule has 1 heterocycles. The summed E-state index contributed by atoms with van der Waals surface area (Å²) in [6, 6.07) is 30.0. The molecule has 4 aromatic rings. The van der Waals surface area contributed by atoms with Crippen LogP contribution in [0.5, 0.6) is 0 Å². The molecular formula is C57H76Cl2Ti. The predicted octanol–water partition coefficient (Wildman–Crippen LogP) is 11.6. The van der Waals surface area contributed by atoms with Crippen molar-refractivity contribution in [2.24, 2.45) is 0 Å². The van der Waals surface area contributed by atoms with Gasteiger partial charge >= 0.3 is 361 Å². The number of halogens is 2. The van der Waals surface area contributed by atoms with Crippen molar-refractivity contribution < 1.29 is 41.4 Å². The van der Waals surface area contributed by atoms with Crippen LogP contribution in [-0.2, 0) is 38.2 Å². The van der Waals surface area contributed by atoms with E-state index in [1.165, 1.54) is 98.9 Å². The maximum atomic E-state index is 2.74. The van der Waals surface area contributed by atoms with Crippen molar-refractivity contribution in [3.05, 3.63) is 128 Å². The summed E-state index contributed by atoms with van der Waals surface area (Å²) in [6.45, 7) is 33.3. The molecule has 2 aliphatic carbocycles. The van der Waals surface area contributed by atoms with E-state index >= 15 is 0 Å². The minimum atomic E-state index is -2.70. The molecule has 0 aromatic heterocycles. The van der Waals surface area contributed by atoms with Crippen molar-refractivity contribution in [1.82, 2.24) is 0 Å². The van der Waals surface area contributed by atoms with Crippen LogP contribution in [0.1, 0.15) is 195 Å². The molecule has 0 nitrogen and oxygen atoms in total. The van der Waals surface area contributed by atoms with E-state index in [4.69, 9.17) is 0 Å². The summed E-state index contributed by atoms with van der Waals surface area (Å²) in [7, 11) is 0. The van der Waals surface area contributed by atoms with Crippen LogP contribution in [0.15, 0.2) is 83.9 Å². The Morgan fingerprint density at radius 2 is 0.817 bits per heavy atom. The Balaban J connectivity index is 0.00000341. The van der Waals surface area contributed by atoms with Gasteiger partial charge in [-0.25, -0.2) is 0 Å². The standard InChI is InChI=1S/2C27H35.C3H6.2ClH.Ti/c2*1-8-9-11-19-14-20-12-10-13-24(25(20)15-19)21-16-22(26(2,3)4)18-23(17-21)27(5,6)7;1-3-2;;;/h2*10,12-18H,8-9,11H2,1-7H3;1-3H2;2*1H;/q;;;;;+2/p-2. The second-order valence-electron chi connectivity index (χ2n) is 22.8. The van der Waals surface area contributed by atoms with Crippen molar-refractivity contribution in [2.75, 3.05) is 0 Å². The van der Waals surface area contributed by atoms with Crippen LogP contribution < -0.4 is 24.8 Å². The van der Waals surface area contributed by atoms with Crippen LogP contribution in [0.25, 0.3) is 34.4 Å². The van der Waals surface area contributed by atoms with E-state index in [-0.39, 0.29) is 46.5 Å². The van der Waals surface area contributed by atoms with Gasteiger partial charge in [0.15, 0.2) is 0 Å². The summed E-state index contributed by atoms with van der Waals surface area (Å²) >= 11 is -2.70. The van der Waals surface area contributed by atoms with Gasteiger partial charge in [-0.15, -0.1) is 0 Å². The minimum absolute atomic E-state index is 0. The smallest absolute Gasteiger partial charge is 1.00 e. The summed E-state index contributed by atoms with van der Waals surface area (Å²) in [6.07, 6.45) is 14.4. The Kier molecular flexibility index (Phi) is 14.6. The molecule has 4 aromatic carbocycles. The van der Waals surface area contributed by atoms with Crippen LogP contribution >= 0.6 is 0 Å². The first-order chi connectivity index (χ1) is 27.2. The van der Waals surface area contributed by atoms with Gasteiger partial charge in [0.05, 0.1) is 0 Å². The van der Waals surface area contributed by atoms with Crippen molar-refractivity contribution in [2.45, 2.75) is 181 Å². The molecule has 0 bridgehead atoms. The maximum Gasteiger partial charge on any atom is -1.00 e.